The molecule has 0 unspecified atom stereocenters. The maximum atomic E-state index is 11.2. The number of aromatic carboxylic acids is 1. The fraction of sp³-hybridized carbons (Fsp3) is 0.125. The predicted molar refractivity (Wildman–Crippen MR) is 82.5 cm³/mol. The van der Waals surface area contributed by atoms with Crippen LogP contribution in [0.15, 0.2) is 36.4 Å². The van der Waals surface area contributed by atoms with Gasteiger partial charge in [0.1, 0.15) is 5.82 Å². The molecule has 21 heavy (non-hydrogen) atoms. The number of aryl methyl sites for hydroxylation is 2. The monoisotopic (exact) mass is 300 g/mol. The van der Waals surface area contributed by atoms with Gasteiger partial charge in [0, 0.05) is 0 Å². The maximum Gasteiger partial charge on any atom is 0.335 e. The highest BCUT2D eigenvalue weighted by Crippen LogP contribution is 2.29. The van der Waals surface area contributed by atoms with Crippen molar-refractivity contribution < 1.29 is 9.90 Å². The Labute approximate surface area is 126 Å². The van der Waals surface area contributed by atoms with Crippen LogP contribution in [0.5, 0.6) is 0 Å². The first-order valence-corrected chi connectivity index (χ1v) is 6.84. The van der Waals surface area contributed by atoms with Crippen LogP contribution in [-0.4, -0.2) is 20.6 Å². The first-order valence-electron chi connectivity index (χ1n) is 6.47. The number of carboxylic acids is 1. The van der Waals surface area contributed by atoms with Gasteiger partial charge in [-0.2, -0.15) is 0 Å². The van der Waals surface area contributed by atoms with Gasteiger partial charge in [0.2, 0.25) is 0 Å². The lowest BCUT2D eigenvalue weighted by Crippen LogP contribution is -2.02. The van der Waals surface area contributed by atoms with E-state index in [0.29, 0.717) is 5.02 Å². The largest absolute Gasteiger partial charge is 0.478 e. The summed E-state index contributed by atoms with van der Waals surface area (Å²) in [5.74, 6) is -0.193. The number of aromatic nitrogens is 2. The van der Waals surface area contributed by atoms with E-state index < -0.39 is 5.97 Å². The molecule has 0 atom stereocenters. The molecule has 0 saturated heterocycles. The van der Waals surface area contributed by atoms with Gasteiger partial charge in [0.25, 0.3) is 0 Å². The Kier molecular flexibility index (Phi) is 3.18. The third kappa shape index (κ3) is 2.17. The molecule has 0 aliphatic heterocycles. The molecule has 0 bridgehead atoms. The molecule has 0 spiro atoms. The number of imidazole rings is 1. The molecule has 0 amide bonds. The summed E-state index contributed by atoms with van der Waals surface area (Å²) in [5.41, 5.74) is 3.56. The second kappa shape index (κ2) is 4.90. The molecule has 0 fully saturated rings. The summed E-state index contributed by atoms with van der Waals surface area (Å²) in [6.07, 6.45) is 0. The van der Waals surface area contributed by atoms with Crippen LogP contribution in [0.25, 0.3) is 16.7 Å². The lowest BCUT2D eigenvalue weighted by atomic mass is 10.1. The summed E-state index contributed by atoms with van der Waals surface area (Å²) in [7, 11) is 0. The average molecular weight is 301 g/mol. The van der Waals surface area contributed by atoms with E-state index in [0.717, 1.165) is 28.1 Å². The van der Waals surface area contributed by atoms with E-state index in [2.05, 4.69) is 4.98 Å². The van der Waals surface area contributed by atoms with Gasteiger partial charge in [-0.3, -0.25) is 4.57 Å². The van der Waals surface area contributed by atoms with Crippen LogP contribution in [0.1, 0.15) is 21.7 Å². The van der Waals surface area contributed by atoms with E-state index in [1.807, 2.05) is 36.6 Å². The van der Waals surface area contributed by atoms with Gasteiger partial charge in [-0.15, -0.1) is 0 Å². The molecule has 4 nitrogen and oxygen atoms in total. The normalized spacial score (nSPS) is 11.0. The third-order valence-electron chi connectivity index (χ3n) is 3.48. The van der Waals surface area contributed by atoms with Gasteiger partial charge in [0.15, 0.2) is 0 Å². The second-order valence-corrected chi connectivity index (χ2v) is 5.32. The van der Waals surface area contributed by atoms with E-state index in [4.69, 9.17) is 16.7 Å². The van der Waals surface area contributed by atoms with E-state index in [-0.39, 0.29) is 5.56 Å². The highest BCUT2D eigenvalue weighted by atomic mass is 35.5. The Hall–Kier alpha value is -2.33. The van der Waals surface area contributed by atoms with Crippen LogP contribution in [0, 0.1) is 13.8 Å². The van der Waals surface area contributed by atoms with Crippen LogP contribution in [-0.2, 0) is 0 Å². The lowest BCUT2D eigenvalue weighted by Gasteiger charge is -2.12. The number of rotatable bonds is 2. The van der Waals surface area contributed by atoms with E-state index in [1.54, 1.807) is 18.2 Å². The van der Waals surface area contributed by atoms with Crippen molar-refractivity contribution in [1.82, 2.24) is 9.55 Å². The van der Waals surface area contributed by atoms with Crippen molar-refractivity contribution in [3.63, 3.8) is 0 Å². The lowest BCUT2D eigenvalue weighted by molar-refractivity contribution is 0.0697. The minimum Gasteiger partial charge on any atom is -0.478 e. The second-order valence-electron chi connectivity index (χ2n) is 4.91. The standard InChI is InChI=1S/C16H13ClN2O2/c1-9-4-3-5-12(17)15(9)19-10(2)18-13-7-6-11(16(20)21)8-14(13)19/h3-8H,1-2H3,(H,20,21). The van der Waals surface area contributed by atoms with Crippen molar-refractivity contribution in [3.8, 4) is 5.69 Å². The van der Waals surface area contributed by atoms with Crippen molar-refractivity contribution in [2.45, 2.75) is 13.8 Å². The van der Waals surface area contributed by atoms with Gasteiger partial charge in [-0.1, -0.05) is 23.7 Å². The Morgan fingerprint density at radius 3 is 2.67 bits per heavy atom. The number of hydrogen-bond donors (Lipinski definition) is 1. The van der Waals surface area contributed by atoms with Gasteiger partial charge in [-0.25, -0.2) is 9.78 Å². The number of nitrogens with zero attached hydrogens (tertiary/aromatic N) is 2. The van der Waals surface area contributed by atoms with E-state index in [1.165, 1.54) is 0 Å². The fourth-order valence-corrected chi connectivity index (χ4v) is 2.82. The van der Waals surface area contributed by atoms with Gasteiger partial charge in [-0.05, 0) is 43.7 Å². The smallest absolute Gasteiger partial charge is 0.335 e. The van der Waals surface area contributed by atoms with Crippen LogP contribution in [0.3, 0.4) is 0 Å². The van der Waals surface area contributed by atoms with Gasteiger partial charge >= 0.3 is 5.97 Å². The minimum atomic E-state index is -0.960. The van der Waals surface area contributed by atoms with Gasteiger partial charge < -0.3 is 5.11 Å². The van der Waals surface area contributed by atoms with Crippen LogP contribution >= 0.6 is 11.6 Å². The number of carboxylic acid groups (broad SMARTS) is 1. The first kappa shape index (κ1) is 13.6. The van der Waals surface area contributed by atoms with Crippen LogP contribution < -0.4 is 0 Å². The molecule has 1 aromatic heterocycles. The van der Waals surface area contributed by atoms with Crippen LogP contribution in [0.4, 0.5) is 0 Å². The molecule has 106 valence electrons. The Morgan fingerprint density at radius 1 is 1.24 bits per heavy atom. The molecule has 1 N–H and O–H groups in total. The molecular formula is C16H13ClN2O2. The van der Waals surface area contributed by atoms with Crippen molar-refractivity contribution in [3.05, 3.63) is 58.4 Å². The molecule has 0 radical (unpaired) electrons. The number of hydrogen-bond acceptors (Lipinski definition) is 2. The first-order chi connectivity index (χ1) is 9.99. The number of benzene rings is 2. The summed E-state index contributed by atoms with van der Waals surface area (Å²) < 4.78 is 1.90. The highest BCUT2D eigenvalue weighted by molar-refractivity contribution is 6.32. The average Bonchev–Trinajstić information content (AvgIpc) is 2.74. The SMILES string of the molecule is Cc1cccc(Cl)c1-n1c(C)nc2ccc(C(=O)O)cc21. The minimum absolute atomic E-state index is 0.230. The molecule has 3 rings (SSSR count). The summed E-state index contributed by atoms with van der Waals surface area (Å²) >= 11 is 6.33. The molecule has 1 heterocycles. The summed E-state index contributed by atoms with van der Waals surface area (Å²) in [4.78, 5) is 15.7. The molecule has 0 aliphatic carbocycles. The molecular weight excluding hydrogens is 288 g/mol. The van der Waals surface area contributed by atoms with Gasteiger partial charge in [0.05, 0.1) is 27.3 Å². The summed E-state index contributed by atoms with van der Waals surface area (Å²) in [6, 6.07) is 10.6. The topological polar surface area (TPSA) is 55.1 Å². The number of fused-ring (bicyclic) bond motifs is 1. The Morgan fingerprint density at radius 2 is 2.00 bits per heavy atom. The molecule has 2 aromatic carbocycles. The van der Waals surface area contributed by atoms with E-state index in [9.17, 15) is 4.79 Å². The van der Waals surface area contributed by atoms with Crippen molar-refractivity contribution in [2.24, 2.45) is 0 Å². The summed E-state index contributed by atoms with van der Waals surface area (Å²) in [6.45, 7) is 3.84. The molecule has 0 saturated carbocycles. The predicted octanol–water partition coefficient (Wildman–Crippen LogP) is 3.99. The summed E-state index contributed by atoms with van der Waals surface area (Å²) in [5, 5.41) is 9.78. The van der Waals surface area contributed by atoms with Crippen molar-refractivity contribution in [2.75, 3.05) is 0 Å². The zero-order valence-corrected chi connectivity index (χ0v) is 12.3. The number of halogens is 1. The van der Waals surface area contributed by atoms with Crippen LogP contribution in [0.2, 0.25) is 5.02 Å². The zero-order valence-electron chi connectivity index (χ0n) is 11.6. The molecule has 3 aromatic rings. The van der Waals surface area contributed by atoms with Crippen molar-refractivity contribution >= 4 is 28.6 Å². The quantitative estimate of drug-likeness (QED) is 0.778. The van der Waals surface area contributed by atoms with E-state index >= 15 is 0 Å². The molecule has 5 heteroatoms. The Balaban J connectivity index is 2.39. The zero-order chi connectivity index (χ0) is 15.1. The highest BCUT2D eigenvalue weighted by Gasteiger charge is 2.15. The fourth-order valence-electron chi connectivity index (χ4n) is 2.52. The maximum absolute atomic E-state index is 11.2. The molecule has 0 aliphatic rings. The Bertz CT molecular complexity index is 848. The van der Waals surface area contributed by atoms with Crippen molar-refractivity contribution in [1.29, 1.82) is 0 Å². The number of para-hydroxylation sites is 1. The number of carbonyl (C=O) groups is 1. The third-order valence-corrected chi connectivity index (χ3v) is 3.79.